The van der Waals surface area contributed by atoms with Gasteiger partial charge >= 0.3 is 5.97 Å². The van der Waals surface area contributed by atoms with Gasteiger partial charge in [-0.2, -0.15) is 0 Å². The molecule has 0 radical (unpaired) electrons. The molecule has 0 aliphatic heterocycles. The number of hydrogen-bond donors (Lipinski definition) is 2. The third-order valence-corrected chi connectivity index (χ3v) is 3.17. The maximum absolute atomic E-state index is 11.7. The zero-order chi connectivity index (χ0) is 12.1. The van der Waals surface area contributed by atoms with E-state index in [4.69, 9.17) is 5.11 Å². The molecule has 0 saturated heterocycles. The van der Waals surface area contributed by atoms with E-state index in [0.29, 0.717) is 31.7 Å². The molecule has 0 unspecified atom stereocenters. The smallest absolute Gasteiger partial charge is 0.306 e. The van der Waals surface area contributed by atoms with Crippen molar-refractivity contribution in [3.63, 3.8) is 0 Å². The van der Waals surface area contributed by atoms with Crippen molar-refractivity contribution in [3.05, 3.63) is 0 Å². The number of carboxylic acid groups (broad SMARTS) is 1. The van der Waals surface area contributed by atoms with E-state index >= 15 is 0 Å². The molecule has 1 fully saturated rings. The number of hydrogen-bond acceptors (Lipinski definition) is 2. The summed E-state index contributed by atoms with van der Waals surface area (Å²) in [5.74, 6) is -0.563. The second-order valence-corrected chi connectivity index (χ2v) is 5.02. The van der Waals surface area contributed by atoms with E-state index in [2.05, 4.69) is 19.2 Å². The number of carbonyl (C=O) groups excluding carboxylic acids is 1. The van der Waals surface area contributed by atoms with E-state index in [0.717, 1.165) is 6.42 Å². The number of carboxylic acids is 1. The minimum Gasteiger partial charge on any atom is -0.481 e. The van der Waals surface area contributed by atoms with Crippen molar-refractivity contribution < 1.29 is 14.7 Å². The average molecular weight is 227 g/mol. The van der Waals surface area contributed by atoms with Gasteiger partial charge in [-0.3, -0.25) is 9.59 Å². The van der Waals surface area contributed by atoms with Gasteiger partial charge in [0.1, 0.15) is 0 Å². The van der Waals surface area contributed by atoms with E-state index in [1.807, 2.05) is 0 Å². The fraction of sp³-hybridized carbons (Fsp3) is 0.833. The van der Waals surface area contributed by atoms with Crippen LogP contribution in [-0.2, 0) is 9.59 Å². The van der Waals surface area contributed by atoms with Gasteiger partial charge < -0.3 is 10.4 Å². The average Bonchev–Trinajstić information content (AvgIpc) is 2.65. The van der Waals surface area contributed by atoms with E-state index in [-0.39, 0.29) is 17.7 Å². The molecule has 0 heterocycles. The first-order valence-electron chi connectivity index (χ1n) is 6.01. The number of aliphatic carboxylic acids is 1. The summed E-state index contributed by atoms with van der Waals surface area (Å²) >= 11 is 0. The largest absolute Gasteiger partial charge is 0.481 e. The van der Waals surface area contributed by atoms with Crippen LogP contribution in [0.1, 0.15) is 39.5 Å². The van der Waals surface area contributed by atoms with Gasteiger partial charge in [0.05, 0.1) is 5.92 Å². The highest BCUT2D eigenvalue weighted by Gasteiger charge is 2.33. The lowest BCUT2D eigenvalue weighted by Crippen LogP contribution is -2.31. The van der Waals surface area contributed by atoms with E-state index in [9.17, 15) is 9.59 Å². The molecule has 1 aliphatic rings. The summed E-state index contributed by atoms with van der Waals surface area (Å²) in [5.41, 5.74) is 0. The molecule has 1 amide bonds. The summed E-state index contributed by atoms with van der Waals surface area (Å²) in [4.78, 5) is 22.4. The van der Waals surface area contributed by atoms with Gasteiger partial charge in [-0.15, -0.1) is 0 Å². The van der Waals surface area contributed by atoms with Crippen LogP contribution in [0.3, 0.4) is 0 Å². The fourth-order valence-corrected chi connectivity index (χ4v) is 2.07. The molecule has 0 aromatic rings. The fourth-order valence-electron chi connectivity index (χ4n) is 2.07. The zero-order valence-corrected chi connectivity index (χ0v) is 10.0. The molecule has 2 atom stereocenters. The van der Waals surface area contributed by atoms with Crippen molar-refractivity contribution in [2.75, 3.05) is 6.54 Å². The molecule has 4 heteroatoms. The van der Waals surface area contributed by atoms with Gasteiger partial charge in [0, 0.05) is 12.5 Å². The van der Waals surface area contributed by atoms with Crippen molar-refractivity contribution in [3.8, 4) is 0 Å². The standard InChI is InChI=1S/C12H21NO3/c1-8(2)5-6-13-11(14)9-3-4-10(7-9)12(15)16/h8-10H,3-7H2,1-2H3,(H,13,14)(H,15,16)/t9-,10+/m1/s1. The summed E-state index contributed by atoms with van der Waals surface area (Å²) in [6.07, 6.45) is 2.83. The number of carbonyl (C=O) groups is 2. The molecular formula is C12H21NO3. The van der Waals surface area contributed by atoms with Gasteiger partial charge in [-0.05, 0) is 31.6 Å². The quantitative estimate of drug-likeness (QED) is 0.750. The molecule has 0 bridgehead atoms. The number of nitrogens with one attached hydrogen (secondary N) is 1. The van der Waals surface area contributed by atoms with E-state index in [1.165, 1.54) is 0 Å². The highest BCUT2D eigenvalue weighted by atomic mass is 16.4. The predicted molar refractivity (Wildman–Crippen MR) is 60.9 cm³/mol. The molecule has 16 heavy (non-hydrogen) atoms. The van der Waals surface area contributed by atoms with Crippen LogP contribution in [-0.4, -0.2) is 23.5 Å². The summed E-state index contributed by atoms with van der Waals surface area (Å²) in [6.45, 7) is 4.93. The Labute approximate surface area is 96.4 Å². The molecule has 92 valence electrons. The molecule has 2 N–H and O–H groups in total. The summed E-state index contributed by atoms with van der Waals surface area (Å²) in [5, 5.41) is 11.7. The lowest BCUT2D eigenvalue weighted by Gasteiger charge is -2.11. The molecule has 0 aromatic carbocycles. The van der Waals surface area contributed by atoms with E-state index in [1.54, 1.807) is 0 Å². The lowest BCUT2D eigenvalue weighted by molar-refractivity contribution is -0.141. The lowest BCUT2D eigenvalue weighted by atomic mass is 10.0. The highest BCUT2D eigenvalue weighted by Crippen LogP contribution is 2.31. The van der Waals surface area contributed by atoms with E-state index < -0.39 is 5.97 Å². The van der Waals surface area contributed by atoms with Crippen molar-refractivity contribution in [1.29, 1.82) is 0 Å². The minimum absolute atomic E-state index is 0.0319. The molecule has 0 aromatic heterocycles. The van der Waals surface area contributed by atoms with Gasteiger partial charge in [0.2, 0.25) is 5.91 Å². The second-order valence-electron chi connectivity index (χ2n) is 5.02. The summed E-state index contributed by atoms with van der Waals surface area (Å²) < 4.78 is 0. The Balaban J connectivity index is 2.26. The Morgan fingerprint density at radius 3 is 2.44 bits per heavy atom. The van der Waals surface area contributed by atoms with Crippen LogP contribution >= 0.6 is 0 Å². The first kappa shape index (κ1) is 13.0. The molecule has 4 nitrogen and oxygen atoms in total. The topological polar surface area (TPSA) is 66.4 Å². The van der Waals surface area contributed by atoms with Crippen LogP contribution in [0.2, 0.25) is 0 Å². The van der Waals surface area contributed by atoms with Crippen LogP contribution in [0.5, 0.6) is 0 Å². The van der Waals surface area contributed by atoms with Crippen LogP contribution in [0.15, 0.2) is 0 Å². The molecule has 1 rings (SSSR count). The zero-order valence-electron chi connectivity index (χ0n) is 10.0. The molecular weight excluding hydrogens is 206 g/mol. The van der Waals surface area contributed by atoms with Gasteiger partial charge in [0.25, 0.3) is 0 Å². The van der Waals surface area contributed by atoms with Crippen LogP contribution in [0, 0.1) is 17.8 Å². The summed E-state index contributed by atoms with van der Waals surface area (Å²) in [6, 6.07) is 0. The van der Waals surface area contributed by atoms with Gasteiger partial charge in [-0.25, -0.2) is 0 Å². The van der Waals surface area contributed by atoms with Crippen molar-refractivity contribution >= 4 is 11.9 Å². The van der Waals surface area contributed by atoms with Gasteiger partial charge in [0.15, 0.2) is 0 Å². The second kappa shape index (κ2) is 5.87. The molecule has 1 saturated carbocycles. The third-order valence-electron chi connectivity index (χ3n) is 3.17. The van der Waals surface area contributed by atoms with Crippen molar-refractivity contribution in [1.82, 2.24) is 5.32 Å². The number of amides is 1. The Morgan fingerprint density at radius 2 is 1.94 bits per heavy atom. The number of rotatable bonds is 5. The Bertz CT molecular complexity index is 263. The Kier molecular flexibility index (Phi) is 4.77. The minimum atomic E-state index is -0.766. The third kappa shape index (κ3) is 3.83. The Morgan fingerprint density at radius 1 is 1.31 bits per heavy atom. The van der Waals surface area contributed by atoms with Crippen LogP contribution in [0.25, 0.3) is 0 Å². The van der Waals surface area contributed by atoms with Crippen LogP contribution in [0.4, 0.5) is 0 Å². The Hall–Kier alpha value is -1.06. The van der Waals surface area contributed by atoms with Crippen molar-refractivity contribution in [2.24, 2.45) is 17.8 Å². The van der Waals surface area contributed by atoms with Crippen LogP contribution < -0.4 is 5.32 Å². The molecule has 0 spiro atoms. The monoisotopic (exact) mass is 227 g/mol. The SMILES string of the molecule is CC(C)CCNC(=O)[C@@H]1CC[C@H](C(=O)O)C1. The summed E-state index contributed by atoms with van der Waals surface area (Å²) in [7, 11) is 0. The maximum Gasteiger partial charge on any atom is 0.306 e. The maximum atomic E-state index is 11.7. The first-order valence-corrected chi connectivity index (χ1v) is 6.01. The first-order chi connectivity index (χ1) is 7.50. The van der Waals surface area contributed by atoms with Crippen molar-refractivity contribution in [2.45, 2.75) is 39.5 Å². The van der Waals surface area contributed by atoms with Gasteiger partial charge in [-0.1, -0.05) is 13.8 Å². The normalized spacial score (nSPS) is 24.7. The predicted octanol–water partition coefficient (Wildman–Crippen LogP) is 1.65. The molecule has 1 aliphatic carbocycles. The highest BCUT2D eigenvalue weighted by molar-refractivity contribution is 5.80.